The first-order valence-corrected chi connectivity index (χ1v) is 3.29. The summed E-state index contributed by atoms with van der Waals surface area (Å²) >= 11 is 0. The molecule has 0 aliphatic rings. The number of amides is 1. The minimum atomic E-state index is -1.04. The van der Waals surface area contributed by atoms with Gasteiger partial charge in [-0.1, -0.05) is 6.92 Å². The molecule has 0 spiro atoms. The van der Waals surface area contributed by atoms with Gasteiger partial charge in [0.2, 0.25) is 0 Å². The lowest BCUT2D eigenvalue weighted by atomic mass is 10.4. The Bertz CT molecular complexity index is 105. The number of carbonyl (C=O) groups is 1. The normalized spacial score (nSPS) is 12.3. The predicted octanol–water partition coefficient (Wildman–Crippen LogP) is 0.899. The quantitative estimate of drug-likeness (QED) is 0.601. The zero-order chi connectivity index (χ0) is 7.98. The van der Waals surface area contributed by atoms with Gasteiger partial charge in [0.15, 0.2) is 6.23 Å². The number of alkyl carbamates (subject to hydrolysis) is 1. The zero-order valence-electron chi connectivity index (χ0n) is 6.22. The topological polar surface area (TPSA) is 58.2 Å². The molecular formula is C6H12NO3. The van der Waals surface area contributed by atoms with Crippen LogP contribution in [0.25, 0.3) is 0 Å². The second-order valence-corrected chi connectivity index (χ2v) is 1.76. The maximum absolute atomic E-state index is 10.6. The lowest BCUT2D eigenvalue weighted by molar-refractivity contribution is 0.0485. The molecule has 0 saturated carbocycles. The van der Waals surface area contributed by atoms with Crippen LogP contribution in [-0.2, 0) is 9.84 Å². The summed E-state index contributed by atoms with van der Waals surface area (Å²) in [5, 5.41) is 12.7. The van der Waals surface area contributed by atoms with Crippen molar-refractivity contribution in [3.05, 3.63) is 0 Å². The molecule has 0 rings (SSSR count). The average molecular weight is 146 g/mol. The van der Waals surface area contributed by atoms with E-state index in [4.69, 9.17) is 0 Å². The molecule has 0 heterocycles. The fraction of sp³-hybridized carbons (Fsp3) is 0.833. The Hall–Kier alpha value is -0.770. The molecule has 1 radical (unpaired) electrons. The molecule has 1 atom stereocenters. The van der Waals surface area contributed by atoms with Gasteiger partial charge in [0.1, 0.15) is 0 Å². The molecule has 1 unspecified atom stereocenters. The largest absolute Gasteiger partial charge is 0.450 e. The molecule has 0 aromatic carbocycles. The summed E-state index contributed by atoms with van der Waals surface area (Å²) in [6, 6.07) is 0. The summed E-state index contributed by atoms with van der Waals surface area (Å²) in [4.78, 5) is 10.5. The van der Waals surface area contributed by atoms with Gasteiger partial charge in [0.25, 0.3) is 0 Å². The summed E-state index contributed by atoms with van der Waals surface area (Å²) in [6.07, 6.45) is -1.30. The fourth-order valence-electron chi connectivity index (χ4n) is 0.406. The molecule has 0 saturated heterocycles. The number of rotatable bonds is 3. The van der Waals surface area contributed by atoms with Crippen LogP contribution < -0.4 is 5.32 Å². The Morgan fingerprint density at radius 2 is 2.20 bits per heavy atom. The standard InChI is InChI=1S/C6H12NO3/c1-3-5(8)7-6(9)10-4-2/h5H,3-4H2,1-2H3,(H,7,9). The molecule has 0 aliphatic carbocycles. The van der Waals surface area contributed by atoms with Crippen molar-refractivity contribution < 1.29 is 14.6 Å². The molecule has 0 bridgehead atoms. The van der Waals surface area contributed by atoms with Crippen molar-refractivity contribution in [1.29, 1.82) is 0 Å². The van der Waals surface area contributed by atoms with Crippen LogP contribution >= 0.6 is 0 Å². The van der Waals surface area contributed by atoms with E-state index >= 15 is 0 Å². The second kappa shape index (κ2) is 5.05. The summed E-state index contributed by atoms with van der Waals surface area (Å²) in [7, 11) is 0. The Morgan fingerprint density at radius 1 is 1.60 bits per heavy atom. The molecule has 4 heteroatoms. The summed E-state index contributed by atoms with van der Waals surface area (Å²) in [6.45, 7) is 3.68. The van der Waals surface area contributed by atoms with Gasteiger partial charge in [-0.25, -0.2) is 9.90 Å². The molecule has 1 amide bonds. The number of hydrogen-bond acceptors (Lipinski definition) is 2. The highest BCUT2D eigenvalue weighted by molar-refractivity contribution is 5.67. The number of nitrogens with one attached hydrogen (secondary N) is 1. The molecule has 10 heavy (non-hydrogen) atoms. The van der Waals surface area contributed by atoms with Crippen LogP contribution in [0.5, 0.6) is 0 Å². The highest BCUT2D eigenvalue weighted by atomic mass is 16.5. The maximum Gasteiger partial charge on any atom is 0.409 e. The molecule has 59 valence electrons. The van der Waals surface area contributed by atoms with E-state index in [1.54, 1.807) is 13.8 Å². The first-order chi connectivity index (χ1) is 4.70. The van der Waals surface area contributed by atoms with Gasteiger partial charge < -0.3 is 4.74 Å². The second-order valence-electron chi connectivity index (χ2n) is 1.76. The first-order valence-electron chi connectivity index (χ1n) is 3.29. The molecule has 1 N–H and O–H groups in total. The molecule has 0 aliphatic heterocycles. The van der Waals surface area contributed by atoms with E-state index < -0.39 is 12.3 Å². The van der Waals surface area contributed by atoms with Crippen molar-refractivity contribution in [1.82, 2.24) is 5.32 Å². The van der Waals surface area contributed by atoms with Crippen molar-refractivity contribution >= 4 is 6.09 Å². The molecular weight excluding hydrogens is 134 g/mol. The van der Waals surface area contributed by atoms with Gasteiger partial charge in [-0.2, -0.15) is 0 Å². The van der Waals surface area contributed by atoms with E-state index in [0.717, 1.165) is 0 Å². The van der Waals surface area contributed by atoms with E-state index in [9.17, 15) is 9.90 Å². The number of carbonyl (C=O) groups excluding carboxylic acids is 1. The van der Waals surface area contributed by atoms with Crippen molar-refractivity contribution in [2.75, 3.05) is 6.61 Å². The molecule has 0 aromatic rings. The highest BCUT2D eigenvalue weighted by Gasteiger charge is 2.06. The SMILES string of the molecule is CCOC(=O)NC([O])CC. The van der Waals surface area contributed by atoms with E-state index in [2.05, 4.69) is 10.1 Å². The highest BCUT2D eigenvalue weighted by Crippen LogP contribution is 1.86. The van der Waals surface area contributed by atoms with Gasteiger partial charge in [-0.05, 0) is 13.3 Å². The van der Waals surface area contributed by atoms with E-state index in [1.165, 1.54) is 0 Å². The molecule has 0 fully saturated rings. The fourth-order valence-corrected chi connectivity index (χ4v) is 0.406. The van der Waals surface area contributed by atoms with E-state index in [0.29, 0.717) is 13.0 Å². The van der Waals surface area contributed by atoms with Crippen molar-refractivity contribution in [2.24, 2.45) is 0 Å². The van der Waals surface area contributed by atoms with Crippen molar-refractivity contribution in [3.63, 3.8) is 0 Å². The van der Waals surface area contributed by atoms with E-state index in [1.807, 2.05) is 0 Å². The van der Waals surface area contributed by atoms with Crippen molar-refractivity contribution in [2.45, 2.75) is 26.5 Å². The van der Waals surface area contributed by atoms with Gasteiger partial charge >= 0.3 is 6.09 Å². The van der Waals surface area contributed by atoms with Gasteiger partial charge in [-0.15, -0.1) is 0 Å². The van der Waals surface area contributed by atoms with Crippen LogP contribution in [0.2, 0.25) is 0 Å². The molecule has 0 aromatic heterocycles. The lowest BCUT2D eigenvalue weighted by Crippen LogP contribution is -2.33. The third-order valence-electron chi connectivity index (χ3n) is 0.925. The van der Waals surface area contributed by atoms with Crippen molar-refractivity contribution in [3.8, 4) is 0 Å². The lowest BCUT2D eigenvalue weighted by Gasteiger charge is -2.06. The number of hydrogen-bond donors (Lipinski definition) is 1. The van der Waals surface area contributed by atoms with Crippen LogP contribution in [0.1, 0.15) is 20.3 Å². The van der Waals surface area contributed by atoms with Crippen LogP contribution in [0.4, 0.5) is 4.79 Å². The predicted molar refractivity (Wildman–Crippen MR) is 34.9 cm³/mol. The molecule has 4 nitrogen and oxygen atoms in total. The minimum Gasteiger partial charge on any atom is -0.450 e. The Kier molecular flexibility index (Phi) is 4.66. The number of ether oxygens (including phenoxy) is 1. The van der Waals surface area contributed by atoms with Crippen LogP contribution in [0, 0.1) is 0 Å². The minimum absolute atomic E-state index is 0.294. The Labute approximate surface area is 60.2 Å². The smallest absolute Gasteiger partial charge is 0.409 e. The average Bonchev–Trinajstić information content (AvgIpc) is 1.88. The zero-order valence-corrected chi connectivity index (χ0v) is 6.22. The maximum atomic E-state index is 10.6. The third kappa shape index (κ3) is 4.14. The first kappa shape index (κ1) is 9.23. The Balaban J connectivity index is 3.37. The monoisotopic (exact) mass is 146 g/mol. The van der Waals surface area contributed by atoms with Gasteiger partial charge in [-0.3, -0.25) is 5.32 Å². The van der Waals surface area contributed by atoms with Crippen LogP contribution in [0.15, 0.2) is 0 Å². The summed E-state index contributed by atoms with van der Waals surface area (Å²) in [5.41, 5.74) is 0. The Morgan fingerprint density at radius 3 is 2.60 bits per heavy atom. The summed E-state index contributed by atoms with van der Waals surface area (Å²) < 4.78 is 4.46. The van der Waals surface area contributed by atoms with Gasteiger partial charge in [0.05, 0.1) is 6.61 Å². The third-order valence-corrected chi connectivity index (χ3v) is 0.925. The summed E-state index contributed by atoms with van der Waals surface area (Å²) in [5.74, 6) is 0. The van der Waals surface area contributed by atoms with Crippen LogP contribution in [-0.4, -0.2) is 18.9 Å². The van der Waals surface area contributed by atoms with E-state index in [-0.39, 0.29) is 0 Å². The van der Waals surface area contributed by atoms with Gasteiger partial charge in [0, 0.05) is 0 Å². The van der Waals surface area contributed by atoms with Crippen LogP contribution in [0.3, 0.4) is 0 Å².